The Morgan fingerprint density at radius 1 is 0.667 bits per heavy atom. The number of rotatable bonds is 10. The van der Waals surface area contributed by atoms with E-state index in [0.29, 0.717) is 17.0 Å². The van der Waals surface area contributed by atoms with E-state index in [0.717, 1.165) is 0 Å². The molecule has 0 aliphatic heterocycles. The molecule has 2 atom stereocenters. The summed E-state index contributed by atoms with van der Waals surface area (Å²) in [6.45, 7) is 11.8. The number of hydrogen-bond acceptors (Lipinski definition) is 1. The van der Waals surface area contributed by atoms with Gasteiger partial charge in [-0.2, -0.15) is 0 Å². The van der Waals surface area contributed by atoms with Crippen LogP contribution in [0.1, 0.15) is 45.8 Å². The van der Waals surface area contributed by atoms with E-state index in [2.05, 4.69) is 155 Å². The van der Waals surface area contributed by atoms with Crippen LogP contribution < -0.4 is 15.9 Å². The van der Waals surface area contributed by atoms with Gasteiger partial charge in [-0.15, -0.1) is 0 Å². The lowest BCUT2D eigenvalue weighted by Crippen LogP contribution is -2.32. The van der Waals surface area contributed by atoms with Crippen LogP contribution in [-0.2, 0) is 0 Å². The number of nitrogens with one attached hydrogen (secondary N) is 1. The number of hydrogen-bond donors (Lipinski definition) is 1. The molecule has 0 heterocycles. The third kappa shape index (κ3) is 6.26. The minimum atomic E-state index is -0.618. The zero-order chi connectivity index (χ0) is 25.5. The Hall–Kier alpha value is -2.46. The first kappa shape index (κ1) is 26.6. The molecule has 1 N–H and O–H groups in total. The van der Waals surface area contributed by atoms with Crippen molar-refractivity contribution in [2.24, 2.45) is 0 Å². The van der Waals surface area contributed by atoms with Crippen LogP contribution in [0.5, 0.6) is 0 Å². The molecule has 0 bridgehead atoms. The minimum absolute atomic E-state index is 0.199. The van der Waals surface area contributed by atoms with Gasteiger partial charge in [-0.25, -0.2) is 0 Å². The maximum absolute atomic E-state index is 3.88. The van der Waals surface area contributed by atoms with Crippen molar-refractivity contribution < 1.29 is 0 Å². The van der Waals surface area contributed by atoms with Crippen LogP contribution in [0.2, 0.25) is 0 Å². The van der Waals surface area contributed by atoms with Crippen LogP contribution in [0, 0.1) is 0 Å². The van der Waals surface area contributed by atoms with Gasteiger partial charge in [-0.05, 0) is 53.2 Å². The van der Waals surface area contributed by atoms with Crippen LogP contribution in [0.3, 0.4) is 0 Å². The van der Waals surface area contributed by atoms with Crippen LogP contribution in [0.25, 0.3) is 0 Å². The second kappa shape index (κ2) is 12.7. The van der Waals surface area contributed by atoms with E-state index < -0.39 is 7.92 Å². The Morgan fingerprint density at radius 2 is 1.17 bits per heavy atom. The molecule has 0 amide bonds. The van der Waals surface area contributed by atoms with Crippen LogP contribution >= 0.6 is 15.8 Å². The summed E-state index contributed by atoms with van der Waals surface area (Å²) >= 11 is 0. The maximum Gasteiger partial charge on any atom is 0.0341 e. The first-order chi connectivity index (χ1) is 17.5. The molecule has 3 aromatic rings. The molecule has 1 nitrogen and oxygen atoms in total. The Labute approximate surface area is 220 Å². The molecule has 1 aliphatic rings. The van der Waals surface area contributed by atoms with Gasteiger partial charge in [0.25, 0.3) is 0 Å². The highest BCUT2D eigenvalue weighted by Crippen LogP contribution is 2.57. The fourth-order valence-corrected chi connectivity index (χ4v) is 11.1. The van der Waals surface area contributed by atoms with Crippen molar-refractivity contribution in [1.29, 1.82) is 0 Å². The molecule has 0 unspecified atom stereocenters. The van der Waals surface area contributed by atoms with Crippen LogP contribution in [0.15, 0.2) is 126 Å². The fourth-order valence-electron chi connectivity index (χ4n) is 5.21. The lowest BCUT2D eigenvalue weighted by Gasteiger charge is -2.34. The van der Waals surface area contributed by atoms with Gasteiger partial charge in [0.05, 0.1) is 0 Å². The highest BCUT2D eigenvalue weighted by molar-refractivity contribution is 7.73. The Morgan fingerprint density at radius 3 is 1.67 bits per heavy atom. The van der Waals surface area contributed by atoms with E-state index in [9.17, 15) is 0 Å². The summed E-state index contributed by atoms with van der Waals surface area (Å²) < 4.78 is 0. The van der Waals surface area contributed by atoms with E-state index in [4.69, 9.17) is 0 Å². The predicted octanol–water partition coefficient (Wildman–Crippen LogP) is 8.48. The summed E-state index contributed by atoms with van der Waals surface area (Å²) in [7, 11) is -0.818. The third-order valence-electron chi connectivity index (χ3n) is 6.68. The van der Waals surface area contributed by atoms with Crippen molar-refractivity contribution in [3.63, 3.8) is 0 Å². The van der Waals surface area contributed by atoms with Gasteiger partial charge in [0.1, 0.15) is 0 Å². The summed E-state index contributed by atoms with van der Waals surface area (Å²) in [5, 5.41) is 8.24. The molecule has 186 valence electrons. The zero-order valence-corrected chi connectivity index (χ0v) is 24.0. The van der Waals surface area contributed by atoms with Gasteiger partial charge in [0, 0.05) is 17.9 Å². The first-order valence-electron chi connectivity index (χ1n) is 13.0. The molecule has 0 radical (unpaired) electrons. The molecule has 0 spiro atoms. The van der Waals surface area contributed by atoms with E-state index in [1.165, 1.54) is 27.1 Å². The van der Waals surface area contributed by atoms with Crippen molar-refractivity contribution in [2.45, 2.75) is 57.6 Å². The summed E-state index contributed by atoms with van der Waals surface area (Å²) in [4.78, 5) is 0. The van der Waals surface area contributed by atoms with E-state index in [1.54, 1.807) is 0 Å². The second-order valence-corrected chi connectivity index (χ2v) is 15.6. The van der Waals surface area contributed by atoms with Gasteiger partial charge in [-0.1, -0.05) is 145 Å². The summed E-state index contributed by atoms with van der Waals surface area (Å²) in [5.74, 6) is 0. The fraction of sp³-hybridized carbons (Fsp3) is 0.273. The van der Waals surface area contributed by atoms with Crippen LogP contribution in [-0.4, -0.2) is 17.4 Å². The van der Waals surface area contributed by atoms with Gasteiger partial charge in [0.2, 0.25) is 0 Å². The van der Waals surface area contributed by atoms with E-state index in [-0.39, 0.29) is 14.0 Å². The number of allylic oxidation sites excluding steroid dienone is 5. The average Bonchev–Trinajstić information content (AvgIpc) is 3.34. The van der Waals surface area contributed by atoms with Gasteiger partial charge in [-0.3, -0.25) is 0 Å². The smallest absolute Gasteiger partial charge is 0.0341 e. The molecule has 0 fully saturated rings. The first-order valence-corrected chi connectivity index (χ1v) is 15.9. The van der Waals surface area contributed by atoms with Crippen molar-refractivity contribution in [3.8, 4) is 0 Å². The predicted molar refractivity (Wildman–Crippen MR) is 163 cm³/mol. The molecule has 4 rings (SSSR count). The molecule has 36 heavy (non-hydrogen) atoms. The molecule has 0 saturated heterocycles. The maximum atomic E-state index is 3.88. The molecule has 1 aliphatic carbocycles. The van der Waals surface area contributed by atoms with Gasteiger partial charge >= 0.3 is 0 Å². The Bertz CT molecular complexity index is 1130. The Kier molecular flexibility index (Phi) is 9.36. The zero-order valence-electron chi connectivity index (χ0n) is 22.2. The third-order valence-corrected chi connectivity index (χ3v) is 12.9. The quantitative estimate of drug-likeness (QED) is 0.269. The number of benzene rings is 3. The van der Waals surface area contributed by atoms with E-state index >= 15 is 0 Å². The standard InChI is InChI=1S/C33H39NP2/c1-25(2)35(26(3)4)32-23-15-18-29(32)24-34-27(5)33(28-16-9-6-10-17-28)36(30-19-11-7-12-20-30)31-21-13-8-14-22-31/h6-27,33-34H,1-5H3/b29-24-/t27-,33+/m1/s1. The lowest BCUT2D eigenvalue weighted by molar-refractivity contribution is 0.619. The highest BCUT2D eigenvalue weighted by Gasteiger charge is 2.31. The topological polar surface area (TPSA) is 12.0 Å². The largest absolute Gasteiger partial charge is 0.387 e. The van der Waals surface area contributed by atoms with Crippen molar-refractivity contribution in [2.75, 3.05) is 0 Å². The van der Waals surface area contributed by atoms with Crippen molar-refractivity contribution in [1.82, 2.24) is 5.32 Å². The minimum Gasteiger partial charge on any atom is -0.387 e. The molecular weight excluding hydrogens is 472 g/mol. The SMILES string of the molecule is CC(C)P(C1=CC=C/C1=C/N[C@H](C)[C@@H](c1ccccc1)P(c1ccccc1)c1ccccc1)C(C)C. The molecule has 3 aromatic carbocycles. The summed E-state index contributed by atoms with van der Waals surface area (Å²) in [6.07, 6.45) is 9.14. The Balaban J connectivity index is 1.71. The van der Waals surface area contributed by atoms with Crippen molar-refractivity contribution in [3.05, 3.63) is 132 Å². The summed E-state index contributed by atoms with van der Waals surface area (Å²) in [5.41, 5.74) is 4.42. The molecular formula is C33H39NP2. The molecule has 0 aromatic heterocycles. The van der Waals surface area contributed by atoms with Crippen LogP contribution in [0.4, 0.5) is 0 Å². The lowest BCUT2D eigenvalue weighted by atomic mass is 10.1. The average molecular weight is 512 g/mol. The van der Waals surface area contributed by atoms with E-state index in [1.807, 2.05) is 0 Å². The molecule has 3 heteroatoms. The highest BCUT2D eigenvalue weighted by atomic mass is 31.1. The second-order valence-electron chi connectivity index (χ2n) is 9.96. The van der Waals surface area contributed by atoms with Gasteiger partial charge in [0.15, 0.2) is 0 Å². The monoisotopic (exact) mass is 511 g/mol. The normalized spacial score (nSPS) is 16.2. The summed E-state index contributed by atoms with van der Waals surface area (Å²) in [6, 6.07) is 33.5. The van der Waals surface area contributed by atoms with Crippen molar-refractivity contribution >= 4 is 26.5 Å². The molecule has 0 saturated carbocycles. The van der Waals surface area contributed by atoms with Gasteiger partial charge < -0.3 is 5.32 Å².